The highest BCUT2D eigenvalue weighted by molar-refractivity contribution is 5.95. The van der Waals surface area contributed by atoms with Gasteiger partial charge in [0.2, 0.25) is 11.9 Å². The van der Waals surface area contributed by atoms with Gasteiger partial charge in [0.05, 0.1) is 6.20 Å². The van der Waals surface area contributed by atoms with Crippen molar-refractivity contribution in [2.24, 2.45) is 0 Å². The highest BCUT2D eigenvalue weighted by Crippen LogP contribution is 2.24. The third-order valence-corrected chi connectivity index (χ3v) is 6.02. The number of amides is 1. The van der Waals surface area contributed by atoms with Crippen LogP contribution in [0.25, 0.3) is 5.65 Å². The number of aryl methyl sites for hydroxylation is 1. The first-order valence-electron chi connectivity index (χ1n) is 12.5. The van der Waals surface area contributed by atoms with Gasteiger partial charge in [0.1, 0.15) is 6.29 Å². The summed E-state index contributed by atoms with van der Waals surface area (Å²) in [4.78, 5) is 34.7. The average molecular weight is 501 g/mol. The highest BCUT2D eigenvalue weighted by Gasteiger charge is 2.16. The van der Waals surface area contributed by atoms with Crippen molar-refractivity contribution in [1.82, 2.24) is 24.5 Å². The van der Waals surface area contributed by atoms with Gasteiger partial charge in [0.25, 0.3) is 5.91 Å². The summed E-state index contributed by atoms with van der Waals surface area (Å²) >= 11 is 0. The van der Waals surface area contributed by atoms with Gasteiger partial charge < -0.3 is 26.1 Å². The summed E-state index contributed by atoms with van der Waals surface area (Å²) in [5, 5.41) is 11.1. The Hall–Kier alpha value is -4.47. The van der Waals surface area contributed by atoms with E-state index in [1.807, 2.05) is 50.2 Å². The maximum atomic E-state index is 12.9. The molecule has 4 N–H and O–H groups in total. The number of nitrogens with one attached hydrogen (secondary N) is 2. The quantitative estimate of drug-likeness (QED) is 0.146. The molecule has 4 aromatic rings. The molecule has 2 aromatic carbocycles. The van der Waals surface area contributed by atoms with E-state index in [0.717, 1.165) is 36.8 Å². The molecule has 0 aliphatic rings. The zero-order valence-corrected chi connectivity index (χ0v) is 21.1. The minimum Gasteiger partial charge on any atom is -0.399 e. The van der Waals surface area contributed by atoms with Crippen molar-refractivity contribution in [3.63, 3.8) is 0 Å². The van der Waals surface area contributed by atoms with Crippen LogP contribution >= 0.6 is 0 Å². The van der Waals surface area contributed by atoms with Crippen molar-refractivity contribution in [3.05, 3.63) is 65.9 Å². The lowest BCUT2D eigenvalue weighted by Crippen LogP contribution is -2.30. The molecular formula is C27H32N8O2. The van der Waals surface area contributed by atoms with Gasteiger partial charge in [0, 0.05) is 47.7 Å². The molecule has 0 saturated heterocycles. The Bertz CT molecular complexity index is 1380. The van der Waals surface area contributed by atoms with Crippen LogP contribution in [0.3, 0.4) is 0 Å². The van der Waals surface area contributed by atoms with Gasteiger partial charge in [0.15, 0.2) is 5.65 Å². The fraction of sp³-hybridized carbons (Fsp3) is 0.296. The second-order valence-corrected chi connectivity index (χ2v) is 8.62. The number of unbranched alkanes of at least 4 members (excludes halogenated alkanes) is 2. The summed E-state index contributed by atoms with van der Waals surface area (Å²) in [6.45, 7) is 5.21. The Labute approximate surface area is 215 Å². The van der Waals surface area contributed by atoms with Crippen LogP contribution in [-0.4, -0.2) is 49.8 Å². The summed E-state index contributed by atoms with van der Waals surface area (Å²) in [5.41, 5.74) is 10.2. The minimum absolute atomic E-state index is 0.0257. The molecule has 0 fully saturated rings. The first kappa shape index (κ1) is 25.6. The first-order chi connectivity index (χ1) is 18.0. The van der Waals surface area contributed by atoms with Gasteiger partial charge in [-0.25, -0.2) is 0 Å². The second kappa shape index (κ2) is 12.0. The second-order valence-electron chi connectivity index (χ2n) is 8.62. The molecular weight excluding hydrogens is 468 g/mol. The van der Waals surface area contributed by atoms with Gasteiger partial charge in [-0.05, 0) is 69.5 Å². The first-order valence-corrected chi connectivity index (χ1v) is 12.5. The zero-order chi connectivity index (χ0) is 26.2. The van der Waals surface area contributed by atoms with Crippen molar-refractivity contribution >= 4 is 46.8 Å². The number of hydrogen-bond donors (Lipinski definition) is 3. The summed E-state index contributed by atoms with van der Waals surface area (Å²) in [6.07, 6.45) is 5.64. The van der Waals surface area contributed by atoms with Crippen molar-refractivity contribution in [3.8, 4) is 0 Å². The molecule has 0 atom stereocenters. The minimum atomic E-state index is -0.0257. The van der Waals surface area contributed by atoms with Crippen molar-refractivity contribution in [1.29, 1.82) is 0 Å². The standard InChI is InChI=1S/C27H32N8O2/c1-3-34(4-2)25(37)19-11-8-13-22(16-19)31-27-33-26(30-23-14-9-12-21(28)17-23)32-24-20(18-29-35(24)27)10-6-5-7-15-36/h8-9,11-18H,3-7,10,28H2,1-2H3,(H2,30,31,32,33). The lowest BCUT2D eigenvalue weighted by molar-refractivity contribution is -0.107. The Kier molecular flexibility index (Phi) is 8.29. The molecule has 10 nitrogen and oxygen atoms in total. The SMILES string of the molecule is CCN(CC)C(=O)c1cccc(Nc2nc(Nc3cccc(N)c3)nc3c(CCCCC=O)cnn23)c1. The molecule has 2 aromatic heterocycles. The number of hydrogen-bond acceptors (Lipinski definition) is 8. The van der Waals surface area contributed by atoms with E-state index in [1.54, 1.807) is 27.7 Å². The van der Waals surface area contributed by atoms with Crippen molar-refractivity contribution < 1.29 is 9.59 Å². The monoisotopic (exact) mass is 500 g/mol. The number of fused-ring (bicyclic) bond motifs is 1. The summed E-state index contributed by atoms with van der Waals surface area (Å²) in [5.74, 6) is 0.802. The average Bonchev–Trinajstić information content (AvgIpc) is 3.30. The summed E-state index contributed by atoms with van der Waals surface area (Å²) in [7, 11) is 0. The number of anilines is 5. The van der Waals surface area contributed by atoms with E-state index in [-0.39, 0.29) is 5.91 Å². The normalized spacial score (nSPS) is 10.9. The van der Waals surface area contributed by atoms with Crippen LogP contribution < -0.4 is 16.4 Å². The van der Waals surface area contributed by atoms with Crippen LogP contribution in [-0.2, 0) is 11.2 Å². The molecule has 0 saturated carbocycles. The molecule has 0 bridgehead atoms. The Balaban J connectivity index is 1.69. The third-order valence-electron chi connectivity index (χ3n) is 6.02. The van der Waals surface area contributed by atoms with E-state index in [9.17, 15) is 9.59 Å². The van der Waals surface area contributed by atoms with Crippen LogP contribution in [0.15, 0.2) is 54.7 Å². The highest BCUT2D eigenvalue weighted by atomic mass is 16.2. The van der Waals surface area contributed by atoms with E-state index in [4.69, 9.17) is 10.7 Å². The Morgan fingerprint density at radius 3 is 2.51 bits per heavy atom. The Morgan fingerprint density at radius 2 is 1.78 bits per heavy atom. The van der Waals surface area contributed by atoms with E-state index in [2.05, 4.69) is 20.7 Å². The molecule has 0 aliphatic carbocycles. The number of carbonyl (C=O) groups excluding carboxylic acids is 2. The van der Waals surface area contributed by atoms with Crippen molar-refractivity contribution in [2.45, 2.75) is 39.5 Å². The predicted molar refractivity (Wildman–Crippen MR) is 146 cm³/mol. The number of nitrogen functional groups attached to an aromatic ring is 1. The van der Waals surface area contributed by atoms with E-state index in [1.165, 1.54) is 0 Å². The molecule has 4 rings (SSSR count). The number of nitrogens with zero attached hydrogens (tertiary/aromatic N) is 5. The van der Waals surface area contributed by atoms with Gasteiger partial charge in [-0.3, -0.25) is 4.79 Å². The van der Waals surface area contributed by atoms with E-state index >= 15 is 0 Å². The molecule has 0 radical (unpaired) electrons. The fourth-order valence-electron chi connectivity index (χ4n) is 4.08. The largest absolute Gasteiger partial charge is 0.399 e. The third kappa shape index (κ3) is 6.21. The molecule has 2 heterocycles. The molecule has 0 unspecified atom stereocenters. The topological polar surface area (TPSA) is 131 Å². The molecule has 0 spiro atoms. The number of aldehydes is 1. The zero-order valence-electron chi connectivity index (χ0n) is 21.1. The van der Waals surface area contributed by atoms with Crippen molar-refractivity contribution in [2.75, 3.05) is 29.5 Å². The number of aromatic nitrogens is 4. The van der Waals surface area contributed by atoms with Crippen LogP contribution in [0.4, 0.5) is 29.0 Å². The smallest absolute Gasteiger partial charge is 0.253 e. The van der Waals surface area contributed by atoms with Crippen LogP contribution in [0.1, 0.15) is 49.0 Å². The van der Waals surface area contributed by atoms with E-state index < -0.39 is 0 Å². The maximum absolute atomic E-state index is 12.9. The Morgan fingerprint density at radius 1 is 1.03 bits per heavy atom. The number of benzene rings is 2. The predicted octanol–water partition coefficient (Wildman–Crippen LogP) is 4.59. The van der Waals surface area contributed by atoms with E-state index in [0.29, 0.717) is 54.0 Å². The lowest BCUT2D eigenvalue weighted by atomic mass is 10.1. The molecule has 10 heteroatoms. The fourth-order valence-corrected chi connectivity index (χ4v) is 4.08. The lowest BCUT2D eigenvalue weighted by Gasteiger charge is -2.19. The van der Waals surface area contributed by atoms with Crippen LogP contribution in [0.2, 0.25) is 0 Å². The van der Waals surface area contributed by atoms with Gasteiger partial charge in [-0.15, -0.1) is 0 Å². The van der Waals surface area contributed by atoms with Crippen LogP contribution in [0.5, 0.6) is 0 Å². The van der Waals surface area contributed by atoms with Crippen LogP contribution in [0, 0.1) is 0 Å². The summed E-state index contributed by atoms with van der Waals surface area (Å²) < 4.78 is 1.65. The molecule has 37 heavy (non-hydrogen) atoms. The number of rotatable bonds is 12. The molecule has 1 amide bonds. The maximum Gasteiger partial charge on any atom is 0.253 e. The molecule has 0 aliphatic heterocycles. The van der Waals surface area contributed by atoms with Gasteiger partial charge in [-0.2, -0.15) is 19.6 Å². The van der Waals surface area contributed by atoms with Gasteiger partial charge in [-0.1, -0.05) is 12.1 Å². The van der Waals surface area contributed by atoms with Gasteiger partial charge >= 0.3 is 0 Å². The number of carbonyl (C=O) groups is 2. The number of nitrogens with two attached hydrogens (primary N) is 1. The molecule has 192 valence electrons. The summed E-state index contributed by atoms with van der Waals surface area (Å²) in [6, 6.07) is 14.7.